The molecule has 0 aromatic carbocycles. The van der Waals surface area contributed by atoms with Gasteiger partial charge < -0.3 is 24.2 Å². The Labute approximate surface area is 270 Å². The molecule has 3 rings (SSSR count). The molecule has 0 unspecified atom stereocenters. The molecule has 1 aliphatic heterocycles. The van der Waals surface area contributed by atoms with Crippen molar-refractivity contribution in [2.75, 3.05) is 38.3 Å². The fourth-order valence-electron chi connectivity index (χ4n) is 6.18. The fourth-order valence-corrected chi connectivity index (χ4v) is 6.18. The smallest absolute Gasteiger partial charge is 0.410 e. The first-order chi connectivity index (χ1) is 21.2. The highest BCUT2D eigenvalue weighted by Gasteiger charge is 2.48. The van der Waals surface area contributed by atoms with Crippen molar-refractivity contribution in [3.8, 4) is 5.75 Å². The van der Waals surface area contributed by atoms with E-state index in [2.05, 4.69) is 18.8 Å². The van der Waals surface area contributed by atoms with E-state index in [4.69, 9.17) is 14.2 Å². The third kappa shape index (κ3) is 10.4. The van der Waals surface area contributed by atoms with Crippen LogP contribution in [-0.2, 0) is 19.1 Å². The molecule has 1 saturated heterocycles. The predicted octanol–water partition coefficient (Wildman–Crippen LogP) is 5.99. The number of methoxy groups -OCH3 is 1. The van der Waals surface area contributed by atoms with Gasteiger partial charge in [0.25, 0.3) is 0 Å². The van der Waals surface area contributed by atoms with Crippen molar-refractivity contribution in [1.29, 1.82) is 0 Å². The Morgan fingerprint density at radius 3 is 2.33 bits per heavy atom. The average Bonchev–Trinajstić information content (AvgIpc) is 3.79. The molecule has 1 aromatic heterocycles. The molecule has 254 valence electrons. The summed E-state index contributed by atoms with van der Waals surface area (Å²) in [6, 6.07) is 1.70. The van der Waals surface area contributed by atoms with E-state index >= 15 is 0 Å². The van der Waals surface area contributed by atoms with Gasteiger partial charge in [-0.3, -0.25) is 14.5 Å². The molecule has 1 saturated carbocycles. The van der Waals surface area contributed by atoms with Gasteiger partial charge in [0.15, 0.2) is 0 Å². The highest BCUT2D eigenvalue weighted by Crippen LogP contribution is 2.38. The normalized spacial score (nSPS) is 21.2. The molecule has 45 heavy (non-hydrogen) atoms. The van der Waals surface area contributed by atoms with E-state index in [0.717, 1.165) is 31.2 Å². The summed E-state index contributed by atoms with van der Waals surface area (Å²) in [4.78, 5) is 49.0. The zero-order valence-corrected chi connectivity index (χ0v) is 29.0. The molecule has 0 spiro atoms. The van der Waals surface area contributed by atoms with Gasteiger partial charge in [0.1, 0.15) is 23.0 Å². The molecule has 2 amide bonds. The van der Waals surface area contributed by atoms with Crippen LogP contribution >= 0.6 is 0 Å². The first kappa shape index (κ1) is 36.7. The van der Waals surface area contributed by atoms with Gasteiger partial charge in [0.05, 0.1) is 25.0 Å². The SMILES string of the molecule is CCOC[C@H](CCCC(=O)[C@@H]1CN(C(=O)OC(C)(C)C)C[C@H](C(=O)N(c2cc(OC)c(C(C)C)cn2)C2CC2)[C@@H]1O)CC(C)C. The van der Waals surface area contributed by atoms with E-state index in [1.54, 1.807) is 45.0 Å². The van der Waals surface area contributed by atoms with Crippen LogP contribution in [0, 0.1) is 23.7 Å². The summed E-state index contributed by atoms with van der Waals surface area (Å²) in [5.74, 6) is -0.275. The summed E-state index contributed by atoms with van der Waals surface area (Å²) in [6.07, 6.45) is 4.26. The molecule has 10 nitrogen and oxygen atoms in total. The lowest BCUT2D eigenvalue weighted by molar-refractivity contribution is -0.139. The second kappa shape index (κ2) is 16.2. The van der Waals surface area contributed by atoms with E-state index in [1.807, 2.05) is 20.8 Å². The topological polar surface area (TPSA) is 118 Å². The molecule has 10 heteroatoms. The van der Waals surface area contributed by atoms with E-state index in [-0.39, 0.29) is 43.2 Å². The molecule has 0 bridgehead atoms. The molecule has 4 atom stereocenters. The fraction of sp³-hybridized carbons (Fsp3) is 0.771. The van der Waals surface area contributed by atoms with Crippen LogP contribution < -0.4 is 9.64 Å². The number of carbonyl (C=O) groups is 3. The number of aliphatic hydroxyl groups excluding tert-OH is 1. The second-order valence-electron chi connectivity index (χ2n) is 14.5. The molecule has 2 heterocycles. The Bertz CT molecular complexity index is 1140. The highest BCUT2D eigenvalue weighted by atomic mass is 16.6. The summed E-state index contributed by atoms with van der Waals surface area (Å²) in [5.41, 5.74) is 0.178. The number of carbonyl (C=O) groups excluding carboxylic acids is 3. The zero-order chi connectivity index (χ0) is 33.5. The number of aromatic nitrogens is 1. The number of Topliss-reactive ketones (excluding diaryl/α,β-unsaturated/α-hetero) is 1. The van der Waals surface area contributed by atoms with Crippen molar-refractivity contribution in [1.82, 2.24) is 9.88 Å². The van der Waals surface area contributed by atoms with E-state index in [0.29, 0.717) is 43.0 Å². The van der Waals surface area contributed by atoms with Crippen LogP contribution in [0.1, 0.15) is 105 Å². The summed E-state index contributed by atoms with van der Waals surface area (Å²) in [6.45, 7) is 17.0. The van der Waals surface area contributed by atoms with Crippen molar-refractivity contribution >= 4 is 23.6 Å². The van der Waals surface area contributed by atoms with Crippen LogP contribution in [0.25, 0.3) is 0 Å². The van der Waals surface area contributed by atoms with Crippen LogP contribution in [-0.4, -0.2) is 83.9 Å². The number of rotatable bonds is 15. The zero-order valence-electron chi connectivity index (χ0n) is 29.0. The summed E-state index contributed by atoms with van der Waals surface area (Å²) < 4.78 is 17.0. The number of nitrogens with zero attached hydrogens (tertiary/aromatic N) is 3. The van der Waals surface area contributed by atoms with Gasteiger partial charge in [-0.05, 0) is 77.6 Å². The van der Waals surface area contributed by atoms with Gasteiger partial charge in [-0.1, -0.05) is 27.7 Å². The molecule has 1 aromatic rings. The minimum Gasteiger partial charge on any atom is -0.496 e. The minimum atomic E-state index is -1.24. The van der Waals surface area contributed by atoms with Crippen LogP contribution in [0.3, 0.4) is 0 Å². The number of amides is 2. The second-order valence-corrected chi connectivity index (χ2v) is 14.5. The molecular formula is C35H57N3O7. The Morgan fingerprint density at radius 2 is 1.78 bits per heavy atom. The Kier molecular flexibility index (Phi) is 13.2. The van der Waals surface area contributed by atoms with Crippen molar-refractivity contribution in [3.63, 3.8) is 0 Å². The summed E-state index contributed by atoms with van der Waals surface area (Å²) in [7, 11) is 1.59. The Hall–Kier alpha value is -2.72. The number of piperidine rings is 1. The van der Waals surface area contributed by atoms with E-state index < -0.39 is 29.6 Å². The number of likely N-dealkylation sites (tertiary alicyclic amines) is 1. The van der Waals surface area contributed by atoms with Gasteiger partial charge in [0, 0.05) is 56.6 Å². The lowest BCUT2D eigenvalue weighted by Crippen LogP contribution is -2.59. The predicted molar refractivity (Wildman–Crippen MR) is 174 cm³/mol. The molecule has 1 N–H and O–H groups in total. The third-order valence-electron chi connectivity index (χ3n) is 8.56. The van der Waals surface area contributed by atoms with Crippen LogP contribution in [0.15, 0.2) is 12.3 Å². The summed E-state index contributed by atoms with van der Waals surface area (Å²) in [5, 5.41) is 11.6. The molecule has 1 aliphatic carbocycles. The minimum absolute atomic E-state index is 0.00560. The monoisotopic (exact) mass is 631 g/mol. The number of anilines is 1. The first-order valence-corrected chi connectivity index (χ1v) is 16.8. The van der Waals surface area contributed by atoms with Gasteiger partial charge in [-0.15, -0.1) is 0 Å². The van der Waals surface area contributed by atoms with Crippen LogP contribution in [0.2, 0.25) is 0 Å². The number of aliphatic hydroxyl groups is 1. The molecular weight excluding hydrogens is 574 g/mol. The number of hydrogen-bond donors (Lipinski definition) is 1. The lowest BCUT2D eigenvalue weighted by Gasteiger charge is -2.42. The van der Waals surface area contributed by atoms with E-state index in [9.17, 15) is 19.5 Å². The summed E-state index contributed by atoms with van der Waals surface area (Å²) >= 11 is 0. The highest BCUT2D eigenvalue weighted by molar-refractivity contribution is 5.97. The quantitative estimate of drug-likeness (QED) is 0.251. The third-order valence-corrected chi connectivity index (χ3v) is 8.56. The number of hydrogen-bond acceptors (Lipinski definition) is 8. The van der Waals surface area contributed by atoms with Gasteiger partial charge in [-0.25, -0.2) is 9.78 Å². The Morgan fingerprint density at radius 1 is 1.11 bits per heavy atom. The molecule has 2 fully saturated rings. The van der Waals surface area contributed by atoms with Crippen LogP contribution in [0.5, 0.6) is 5.75 Å². The van der Waals surface area contributed by atoms with Gasteiger partial charge in [-0.2, -0.15) is 0 Å². The van der Waals surface area contributed by atoms with Gasteiger partial charge in [0.2, 0.25) is 5.91 Å². The molecule has 0 radical (unpaired) electrons. The largest absolute Gasteiger partial charge is 0.496 e. The standard InChI is InChI=1S/C35H57N3O7/c1-10-44-21-24(16-22(2)3)12-11-13-29(39)27-19-37(34(42)45-35(6,7)8)20-28(32(27)40)33(41)38(25-14-15-25)31-17-30(43-9)26(18-36-31)23(4)5/h17-18,22-25,27-28,32,40H,10-16,19-21H2,1-9H3/t24-,27+,28+,32-/m1/s1. The maximum atomic E-state index is 14.3. The maximum absolute atomic E-state index is 14.3. The number of ether oxygens (including phenoxy) is 3. The Balaban J connectivity index is 1.86. The van der Waals surface area contributed by atoms with Crippen molar-refractivity contribution in [3.05, 3.63) is 17.8 Å². The molecule has 2 aliphatic rings. The average molecular weight is 632 g/mol. The van der Waals surface area contributed by atoms with Crippen molar-refractivity contribution in [2.45, 2.75) is 118 Å². The number of pyridine rings is 1. The number of ketones is 1. The van der Waals surface area contributed by atoms with Gasteiger partial charge >= 0.3 is 6.09 Å². The maximum Gasteiger partial charge on any atom is 0.410 e. The van der Waals surface area contributed by atoms with Crippen molar-refractivity contribution < 1.29 is 33.7 Å². The lowest BCUT2D eigenvalue weighted by atomic mass is 9.81. The van der Waals surface area contributed by atoms with Crippen molar-refractivity contribution in [2.24, 2.45) is 23.7 Å². The van der Waals surface area contributed by atoms with Crippen LogP contribution in [0.4, 0.5) is 10.6 Å². The first-order valence-electron chi connectivity index (χ1n) is 16.8. The van der Waals surface area contributed by atoms with E-state index in [1.165, 1.54) is 4.90 Å².